The minimum Gasteiger partial charge on any atom is -0.311 e. The van der Waals surface area contributed by atoms with Crippen LogP contribution in [-0.2, 0) is 0 Å². The summed E-state index contributed by atoms with van der Waals surface area (Å²) in [6.07, 6.45) is 2.41. The zero-order valence-corrected chi connectivity index (χ0v) is 32.0. The molecule has 264 valence electrons. The molecular formula is C54H39NSi. The second-order valence-electron chi connectivity index (χ2n) is 14.5. The number of hydrogen-bond donors (Lipinski definition) is 0. The Hall–Kier alpha value is -7.00. The van der Waals surface area contributed by atoms with Crippen molar-refractivity contribution < 1.29 is 0 Å². The molecule has 1 nitrogen and oxygen atoms in total. The van der Waals surface area contributed by atoms with Crippen molar-refractivity contribution in [1.82, 2.24) is 0 Å². The lowest BCUT2D eigenvalue weighted by molar-refractivity contribution is 1.28. The molecule has 0 radical (unpaired) electrons. The van der Waals surface area contributed by atoms with Gasteiger partial charge >= 0.3 is 0 Å². The van der Waals surface area contributed by atoms with E-state index in [0.29, 0.717) is 0 Å². The van der Waals surface area contributed by atoms with Gasteiger partial charge in [0, 0.05) is 17.1 Å². The third-order valence-corrected chi connectivity index (χ3v) is 15.8. The quantitative estimate of drug-likeness (QED) is 0.0812. The van der Waals surface area contributed by atoms with E-state index in [2.05, 4.69) is 241 Å². The van der Waals surface area contributed by atoms with Crippen LogP contribution in [0.5, 0.6) is 0 Å². The van der Waals surface area contributed by atoms with Crippen molar-refractivity contribution in [3.8, 4) is 11.1 Å². The Morgan fingerprint density at radius 1 is 0.339 bits per heavy atom. The van der Waals surface area contributed by atoms with Crippen LogP contribution in [0.2, 0.25) is 0 Å². The summed E-state index contributed by atoms with van der Waals surface area (Å²) in [5.74, 6) is 0. The fourth-order valence-corrected chi connectivity index (χ4v) is 12.9. The molecular weight excluding hydrogens is 691 g/mol. The van der Waals surface area contributed by atoms with Crippen LogP contribution in [0.25, 0.3) is 49.5 Å². The average Bonchev–Trinajstić information content (AvgIpc) is 3.28. The summed E-state index contributed by atoms with van der Waals surface area (Å²) < 4.78 is 0. The predicted molar refractivity (Wildman–Crippen MR) is 243 cm³/mol. The molecule has 0 aliphatic carbocycles. The van der Waals surface area contributed by atoms with Crippen molar-refractivity contribution in [2.24, 2.45) is 0 Å². The van der Waals surface area contributed by atoms with Gasteiger partial charge in [-0.3, -0.25) is 0 Å². The smallest absolute Gasteiger partial charge is 0.172 e. The Morgan fingerprint density at radius 2 is 0.750 bits per heavy atom. The molecule has 0 aliphatic rings. The second kappa shape index (κ2) is 14.3. The van der Waals surface area contributed by atoms with Gasteiger partial charge in [0.1, 0.15) is 0 Å². The van der Waals surface area contributed by atoms with E-state index in [1.807, 2.05) is 0 Å². The molecule has 0 amide bonds. The third-order valence-electron chi connectivity index (χ3n) is 11.4. The van der Waals surface area contributed by atoms with Gasteiger partial charge in [0.2, 0.25) is 0 Å². The zero-order chi connectivity index (χ0) is 37.3. The number of nitrogens with zero attached hydrogens (tertiary/aromatic N) is 1. The highest BCUT2D eigenvalue weighted by Gasteiger charge is 2.36. The van der Waals surface area contributed by atoms with Crippen LogP contribution in [0.4, 0.5) is 17.1 Å². The maximum Gasteiger partial charge on any atom is 0.172 e. The molecule has 0 aromatic heterocycles. The first-order valence-electron chi connectivity index (χ1n) is 19.3. The van der Waals surface area contributed by atoms with E-state index < -0.39 is 8.07 Å². The maximum atomic E-state index is 2.56. The van der Waals surface area contributed by atoms with Crippen molar-refractivity contribution in [1.29, 1.82) is 0 Å². The number of hydrogen-bond acceptors (Lipinski definition) is 1. The molecule has 10 aromatic carbocycles. The molecule has 0 spiro atoms. The molecule has 10 aromatic rings. The van der Waals surface area contributed by atoms with Crippen LogP contribution in [0.3, 0.4) is 0 Å². The Labute approximate surface area is 329 Å². The van der Waals surface area contributed by atoms with Gasteiger partial charge in [0.25, 0.3) is 0 Å². The highest BCUT2D eigenvalue weighted by molar-refractivity contribution is 7.15. The van der Waals surface area contributed by atoms with E-state index in [1.54, 1.807) is 0 Å². The second-order valence-corrected chi connectivity index (χ2v) is 18.2. The Kier molecular flexibility index (Phi) is 8.59. The molecule has 0 unspecified atom stereocenters. The highest BCUT2D eigenvalue weighted by atomic mass is 28.3. The van der Waals surface area contributed by atoms with Crippen molar-refractivity contribution in [2.75, 3.05) is 4.90 Å². The molecule has 0 N–H and O–H groups in total. The van der Waals surface area contributed by atoms with E-state index in [1.165, 1.54) is 64.6 Å². The van der Waals surface area contributed by atoms with Gasteiger partial charge in [-0.15, -0.1) is 0 Å². The highest BCUT2D eigenvalue weighted by Crippen LogP contribution is 2.42. The van der Waals surface area contributed by atoms with Crippen LogP contribution in [0, 0.1) is 0 Å². The molecule has 2 heteroatoms. The van der Waals surface area contributed by atoms with Crippen molar-refractivity contribution in [3.63, 3.8) is 0 Å². The standard InChI is InChI=1S/C54H39NSi/c1-6-16-44(17-7-1)55(45-18-8-2-9-19-45)46-33-28-40(29-34-46)50-35-30-43-31-36-51-41(26-27-42-32-37-52(50)54(43)53(42)51)38-39-56(47-20-10-3-11-21-47,48-22-12-4-13-23-48)49-24-14-5-15-25-49/h1-39H/b39-38+. The van der Waals surface area contributed by atoms with Gasteiger partial charge < -0.3 is 4.90 Å². The fraction of sp³-hybridized carbons (Fsp3) is 0. The minimum atomic E-state index is -2.57. The number of para-hydroxylation sites is 2. The molecule has 0 aliphatic heterocycles. The minimum absolute atomic E-state index is 1.13. The monoisotopic (exact) mass is 729 g/mol. The summed E-state index contributed by atoms with van der Waals surface area (Å²) in [7, 11) is -2.57. The van der Waals surface area contributed by atoms with Crippen LogP contribution in [0.15, 0.2) is 230 Å². The summed E-state index contributed by atoms with van der Waals surface area (Å²) in [6, 6.07) is 82.0. The molecule has 0 saturated heterocycles. The molecule has 10 rings (SSSR count). The van der Waals surface area contributed by atoms with Crippen molar-refractivity contribution in [3.05, 3.63) is 236 Å². The summed E-state index contributed by atoms with van der Waals surface area (Å²) >= 11 is 0. The molecule has 0 atom stereocenters. The lowest BCUT2D eigenvalue weighted by atomic mass is 9.88. The van der Waals surface area contributed by atoms with Crippen LogP contribution in [-0.4, -0.2) is 8.07 Å². The van der Waals surface area contributed by atoms with Crippen LogP contribution >= 0.6 is 0 Å². The fourth-order valence-electron chi connectivity index (χ4n) is 8.72. The Morgan fingerprint density at radius 3 is 1.27 bits per heavy atom. The van der Waals surface area contributed by atoms with Crippen molar-refractivity contribution >= 4 is 79.1 Å². The number of rotatable bonds is 9. The van der Waals surface area contributed by atoms with Gasteiger partial charge in [-0.25, -0.2) is 0 Å². The first-order chi connectivity index (χ1) is 27.8. The van der Waals surface area contributed by atoms with Gasteiger partial charge in [0.05, 0.1) is 0 Å². The normalized spacial score (nSPS) is 11.9. The molecule has 0 bridgehead atoms. The van der Waals surface area contributed by atoms with Gasteiger partial charge in [-0.2, -0.15) is 0 Å². The largest absolute Gasteiger partial charge is 0.311 e. The molecule has 0 fully saturated rings. The first kappa shape index (κ1) is 33.6. The third kappa shape index (κ3) is 5.79. The van der Waals surface area contributed by atoms with Crippen LogP contribution < -0.4 is 20.5 Å². The van der Waals surface area contributed by atoms with E-state index in [9.17, 15) is 0 Å². The zero-order valence-electron chi connectivity index (χ0n) is 31.0. The summed E-state index contributed by atoms with van der Waals surface area (Å²) in [5, 5.41) is 11.9. The number of anilines is 3. The number of benzene rings is 10. The average molecular weight is 730 g/mol. The van der Waals surface area contributed by atoms with E-state index in [4.69, 9.17) is 0 Å². The Bertz CT molecular complexity index is 2790. The van der Waals surface area contributed by atoms with Crippen LogP contribution in [0.1, 0.15) is 5.56 Å². The lowest BCUT2D eigenvalue weighted by Crippen LogP contribution is -2.66. The van der Waals surface area contributed by atoms with Gasteiger partial charge in [-0.05, 0) is 101 Å². The maximum absolute atomic E-state index is 2.57. The summed E-state index contributed by atoms with van der Waals surface area (Å²) in [4.78, 5) is 2.31. The van der Waals surface area contributed by atoms with E-state index >= 15 is 0 Å². The SMILES string of the molecule is C(=C\[Si](c1ccccc1)(c1ccccc1)c1ccccc1)/c1ccc2ccc3c(-c4ccc(N(c5ccccc5)c5ccccc5)cc4)ccc4ccc1c2c43. The van der Waals surface area contributed by atoms with E-state index in [-0.39, 0.29) is 0 Å². The first-order valence-corrected chi connectivity index (χ1v) is 21.4. The van der Waals surface area contributed by atoms with Gasteiger partial charge in [-0.1, -0.05) is 200 Å². The topological polar surface area (TPSA) is 3.24 Å². The summed E-state index contributed by atoms with van der Waals surface area (Å²) in [5.41, 5.74) is 9.64. The van der Waals surface area contributed by atoms with Gasteiger partial charge in [0.15, 0.2) is 8.07 Å². The van der Waals surface area contributed by atoms with Crippen molar-refractivity contribution in [2.45, 2.75) is 0 Å². The lowest BCUT2D eigenvalue weighted by Gasteiger charge is -2.31. The molecule has 56 heavy (non-hydrogen) atoms. The Balaban J connectivity index is 1.10. The summed E-state index contributed by atoms with van der Waals surface area (Å²) in [6.45, 7) is 0. The predicted octanol–water partition coefficient (Wildman–Crippen LogP) is 12.4. The van der Waals surface area contributed by atoms with E-state index in [0.717, 1.165) is 17.1 Å². The molecule has 0 heterocycles. The molecule has 0 saturated carbocycles.